The van der Waals surface area contributed by atoms with E-state index >= 15 is 0 Å². The first kappa shape index (κ1) is 15.9. The first-order chi connectivity index (χ1) is 9.88. The summed E-state index contributed by atoms with van der Waals surface area (Å²) in [6.45, 7) is -0.404. The molecule has 1 aliphatic heterocycles. The van der Waals surface area contributed by atoms with E-state index in [0.717, 1.165) is 4.90 Å². The molecule has 1 aromatic carbocycles. The molecule has 8 heteroatoms. The van der Waals surface area contributed by atoms with Gasteiger partial charge in [0.2, 0.25) is 0 Å². The van der Waals surface area contributed by atoms with Gasteiger partial charge in [-0.25, -0.2) is 4.79 Å². The molecule has 2 atom stereocenters. The second-order valence-corrected chi connectivity index (χ2v) is 5.50. The maximum Gasteiger partial charge on any atom is 0.326 e. The molecule has 0 bridgehead atoms. The number of carbonyl (C=O) groups is 2. The predicted octanol–water partition coefficient (Wildman–Crippen LogP) is 1.42. The largest absolute Gasteiger partial charge is 0.482 e. The molecule has 0 radical (unpaired) electrons. The number of amides is 1. The number of aliphatic hydroxyl groups excluding tert-OH is 1. The summed E-state index contributed by atoms with van der Waals surface area (Å²) in [7, 11) is 0. The van der Waals surface area contributed by atoms with E-state index in [2.05, 4.69) is 0 Å². The highest BCUT2D eigenvalue weighted by Gasteiger charge is 2.38. The third-order valence-electron chi connectivity index (χ3n) is 3.13. The summed E-state index contributed by atoms with van der Waals surface area (Å²) in [4.78, 5) is 24.2. The first-order valence-electron chi connectivity index (χ1n) is 6.16. The van der Waals surface area contributed by atoms with Crippen molar-refractivity contribution in [2.45, 2.75) is 18.6 Å². The number of carboxylic acids is 1. The molecular formula is C13H13Cl2NO5. The molecule has 1 heterocycles. The number of aliphatic hydroxyl groups is 1. The van der Waals surface area contributed by atoms with Crippen molar-refractivity contribution in [1.82, 2.24) is 4.90 Å². The molecule has 1 aliphatic rings. The fourth-order valence-electron chi connectivity index (χ4n) is 2.13. The van der Waals surface area contributed by atoms with Gasteiger partial charge in [0.05, 0.1) is 11.1 Å². The van der Waals surface area contributed by atoms with Crippen molar-refractivity contribution in [3.63, 3.8) is 0 Å². The molecule has 1 amide bonds. The second kappa shape index (κ2) is 6.51. The molecule has 1 aromatic rings. The maximum absolute atomic E-state index is 12.0. The number of carbonyl (C=O) groups excluding carboxylic acids is 1. The molecule has 2 N–H and O–H groups in total. The molecule has 0 aromatic heterocycles. The number of hydrogen-bond acceptors (Lipinski definition) is 4. The molecule has 21 heavy (non-hydrogen) atoms. The van der Waals surface area contributed by atoms with Crippen molar-refractivity contribution in [3.8, 4) is 5.75 Å². The zero-order chi connectivity index (χ0) is 15.6. The number of benzene rings is 1. The highest BCUT2D eigenvalue weighted by Crippen LogP contribution is 2.28. The van der Waals surface area contributed by atoms with E-state index in [1.54, 1.807) is 6.07 Å². The summed E-state index contributed by atoms with van der Waals surface area (Å²) in [5.41, 5.74) is 0. The fourth-order valence-corrected chi connectivity index (χ4v) is 2.47. The average molecular weight is 334 g/mol. The number of nitrogens with zero attached hydrogens (tertiary/aromatic N) is 1. The van der Waals surface area contributed by atoms with E-state index < -0.39 is 24.0 Å². The predicted molar refractivity (Wildman–Crippen MR) is 75.7 cm³/mol. The van der Waals surface area contributed by atoms with E-state index in [1.807, 2.05) is 0 Å². The van der Waals surface area contributed by atoms with Gasteiger partial charge in [0.15, 0.2) is 6.61 Å². The topological polar surface area (TPSA) is 87.1 Å². The second-order valence-electron chi connectivity index (χ2n) is 4.65. The van der Waals surface area contributed by atoms with E-state index in [4.69, 9.17) is 33.0 Å². The van der Waals surface area contributed by atoms with Gasteiger partial charge in [-0.1, -0.05) is 23.2 Å². The van der Waals surface area contributed by atoms with Gasteiger partial charge >= 0.3 is 5.97 Å². The summed E-state index contributed by atoms with van der Waals surface area (Å²) in [5.74, 6) is -1.44. The zero-order valence-corrected chi connectivity index (χ0v) is 12.3. The van der Waals surface area contributed by atoms with Gasteiger partial charge in [-0.15, -0.1) is 0 Å². The highest BCUT2D eigenvalue weighted by atomic mass is 35.5. The minimum atomic E-state index is -1.15. The van der Waals surface area contributed by atoms with Crippen molar-refractivity contribution in [2.24, 2.45) is 0 Å². The zero-order valence-electron chi connectivity index (χ0n) is 10.8. The quantitative estimate of drug-likeness (QED) is 0.870. The Hall–Kier alpha value is -1.50. The van der Waals surface area contributed by atoms with Crippen LogP contribution in [0.2, 0.25) is 10.0 Å². The average Bonchev–Trinajstić information content (AvgIpc) is 2.82. The van der Waals surface area contributed by atoms with Gasteiger partial charge in [0.25, 0.3) is 5.91 Å². The monoisotopic (exact) mass is 333 g/mol. The number of carboxylic acid groups (broad SMARTS) is 1. The Morgan fingerprint density at radius 1 is 1.38 bits per heavy atom. The maximum atomic E-state index is 12.0. The third-order valence-corrected chi connectivity index (χ3v) is 3.68. The molecule has 0 aliphatic carbocycles. The van der Waals surface area contributed by atoms with Crippen LogP contribution in [-0.2, 0) is 9.59 Å². The Balaban J connectivity index is 2.01. The van der Waals surface area contributed by atoms with Gasteiger partial charge in [0.1, 0.15) is 11.8 Å². The van der Waals surface area contributed by atoms with Crippen LogP contribution >= 0.6 is 23.2 Å². The van der Waals surface area contributed by atoms with Crippen molar-refractivity contribution in [3.05, 3.63) is 28.2 Å². The minimum Gasteiger partial charge on any atom is -0.482 e. The number of likely N-dealkylation sites (tertiary alicyclic amines) is 1. The van der Waals surface area contributed by atoms with Crippen LogP contribution in [0.3, 0.4) is 0 Å². The first-order valence-corrected chi connectivity index (χ1v) is 6.92. The normalized spacial score (nSPS) is 21.4. The lowest BCUT2D eigenvalue weighted by Crippen LogP contribution is -2.42. The summed E-state index contributed by atoms with van der Waals surface area (Å²) in [5, 5.41) is 19.2. The van der Waals surface area contributed by atoms with Gasteiger partial charge in [-0.05, 0) is 12.1 Å². The van der Waals surface area contributed by atoms with Gasteiger partial charge in [-0.2, -0.15) is 0 Å². The lowest BCUT2D eigenvalue weighted by Gasteiger charge is -2.21. The number of β-amino-alcohol motifs (C(OH)–C–C–N with tert-alkyl or cyclic N) is 1. The molecule has 114 valence electrons. The number of aliphatic carboxylic acids is 1. The lowest BCUT2D eigenvalue weighted by atomic mass is 10.2. The summed E-state index contributed by atoms with van der Waals surface area (Å²) in [6.07, 6.45) is -0.830. The Kier molecular flexibility index (Phi) is 4.92. The SMILES string of the molecule is O=C(O)[C@@H]1C[C@H](O)CN1C(=O)COc1cc(Cl)ccc1Cl. The molecular weight excluding hydrogens is 321 g/mol. The van der Waals surface area contributed by atoms with Crippen LogP contribution in [0.1, 0.15) is 6.42 Å². The van der Waals surface area contributed by atoms with E-state index in [0.29, 0.717) is 10.0 Å². The molecule has 2 rings (SSSR count). The Bertz CT molecular complexity index is 565. The standard InChI is InChI=1S/C13H13Cl2NO5/c14-7-1-2-9(15)11(3-7)21-6-12(18)16-5-8(17)4-10(16)13(19)20/h1-3,8,10,17H,4-6H2,(H,19,20)/t8-,10-/m0/s1. The van der Waals surface area contributed by atoms with Gasteiger partial charge < -0.3 is 19.8 Å². The van der Waals surface area contributed by atoms with Crippen LogP contribution in [0.15, 0.2) is 18.2 Å². The molecule has 0 spiro atoms. The van der Waals surface area contributed by atoms with E-state index in [1.165, 1.54) is 12.1 Å². The van der Waals surface area contributed by atoms with Crippen LogP contribution < -0.4 is 4.74 Å². The fraction of sp³-hybridized carbons (Fsp3) is 0.385. The summed E-state index contributed by atoms with van der Waals surface area (Å²) >= 11 is 11.7. The highest BCUT2D eigenvalue weighted by molar-refractivity contribution is 6.34. The Morgan fingerprint density at radius 3 is 2.76 bits per heavy atom. The Labute approximate surface area is 130 Å². The number of ether oxygens (including phenoxy) is 1. The smallest absolute Gasteiger partial charge is 0.326 e. The molecule has 0 saturated carbocycles. The van der Waals surface area contributed by atoms with Gasteiger partial charge in [0, 0.05) is 24.1 Å². The van der Waals surface area contributed by atoms with Crippen LogP contribution in [0.25, 0.3) is 0 Å². The van der Waals surface area contributed by atoms with Crippen LogP contribution in [0.4, 0.5) is 0 Å². The van der Waals surface area contributed by atoms with E-state index in [-0.39, 0.29) is 25.3 Å². The molecule has 1 saturated heterocycles. The van der Waals surface area contributed by atoms with Crippen molar-refractivity contribution >= 4 is 35.1 Å². The van der Waals surface area contributed by atoms with Crippen molar-refractivity contribution < 1.29 is 24.5 Å². The molecule has 6 nitrogen and oxygen atoms in total. The molecule has 0 unspecified atom stereocenters. The van der Waals surface area contributed by atoms with Gasteiger partial charge in [-0.3, -0.25) is 4.79 Å². The Morgan fingerprint density at radius 2 is 2.10 bits per heavy atom. The van der Waals surface area contributed by atoms with Crippen molar-refractivity contribution in [2.75, 3.05) is 13.2 Å². The van der Waals surface area contributed by atoms with Crippen LogP contribution in [0.5, 0.6) is 5.75 Å². The number of rotatable bonds is 4. The summed E-state index contributed by atoms with van der Waals surface area (Å²) in [6, 6.07) is 3.54. The lowest BCUT2D eigenvalue weighted by molar-refractivity contribution is -0.148. The minimum absolute atomic E-state index is 0.0129. The van der Waals surface area contributed by atoms with Crippen LogP contribution in [0, 0.1) is 0 Å². The third kappa shape index (κ3) is 3.78. The molecule has 1 fully saturated rings. The number of halogens is 2. The summed E-state index contributed by atoms with van der Waals surface area (Å²) < 4.78 is 5.27. The van der Waals surface area contributed by atoms with Crippen molar-refractivity contribution in [1.29, 1.82) is 0 Å². The number of hydrogen-bond donors (Lipinski definition) is 2. The van der Waals surface area contributed by atoms with Crippen LogP contribution in [-0.4, -0.2) is 52.3 Å². The van der Waals surface area contributed by atoms with E-state index in [9.17, 15) is 14.7 Å².